The van der Waals surface area contributed by atoms with Gasteiger partial charge in [0.1, 0.15) is 5.82 Å². The van der Waals surface area contributed by atoms with Crippen LogP contribution in [0.4, 0.5) is 11.5 Å². The number of hydrogen-bond donors (Lipinski definition) is 3. The van der Waals surface area contributed by atoms with E-state index in [9.17, 15) is 9.59 Å². The molecule has 0 saturated carbocycles. The van der Waals surface area contributed by atoms with Gasteiger partial charge in [-0.05, 0) is 65.9 Å². The number of pyridine rings is 1. The molecule has 3 aromatic carbocycles. The summed E-state index contributed by atoms with van der Waals surface area (Å²) in [6.45, 7) is 4.26. The molecule has 34 heavy (non-hydrogen) atoms. The molecule has 0 aliphatic rings. The van der Waals surface area contributed by atoms with E-state index in [1.165, 1.54) is 0 Å². The number of carbonyl (C=O) groups is 2. The first kappa shape index (κ1) is 22.9. The maximum atomic E-state index is 13.1. The molecule has 0 saturated heterocycles. The summed E-state index contributed by atoms with van der Waals surface area (Å²) in [7, 11) is 0. The van der Waals surface area contributed by atoms with E-state index in [4.69, 9.17) is 5.73 Å². The minimum Gasteiger partial charge on any atom is -0.326 e. The molecule has 2 amide bonds. The minimum atomic E-state index is -0.349. The highest BCUT2D eigenvalue weighted by Gasteiger charge is 2.16. The van der Waals surface area contributed by atoms with Crippen molar-refractivity contribution in [2.75, 3.05) is 10.6 Å². The first-order chi connectivity index (χ1) is 16.5. The Morgan fingerprint density at radius 1 is 0.824 bits per heavy atom. The molecule has 4 aromatic rings. The van der Waals surface area contributed by atoms with E-state index in [1.54, 1.807) is 42.6 Å². The number of para-hydroxylation sites is 1. The van der Waals surface area contributed by atoms with Crippen LogP contribution in [0.15, 0.2) is 85.1 Å². The molecule has 0 fully saturated rings. The Morgan fingerprint density at radius 3 is 2.29 bits per heavy atom. The second-order valence-corrected chi connectivity index (χ2v) is 8.07. The summed E-state index contributed by atoms with van der Waals surface area (Å²) in [5, 5.41) is 5.66. The fraction of sp³-hybridized carbons (Fsp3) is 0.107. The van der Waals surface area contributed by atoms with Crippen LogP contribution < -0.4 is 16.4 Å². The number of aromatic nitrogens is 1. The van der Waals surface area contributed by atoms with Gasteiger partial charge in [-0.1, -0.05) is 54.6 Å². The molecule has 4 N–H and O–H groups in total. The smallest absolute Gasteiger partial charge is 0.258 e. The van der Waals surface area contributed by atoms with Crippen molar-refractivity contribution >= 4 is 23.3 Å². The molecule has 0 spiro atoms. The maximum absolute atomic E-state index is 13.1. The lowest BCUT2D eigenvalue weighted by atomic mass is 9.96. The van der Waals surface area contributed by atoms with Gasteiger partial charge in [0.05, 0.1) is 11.3 Å². The number of anilines is 2. The predicted molar refractivity (Wildman–Crippen MR) is 136 cm³/mol. The quantitative estimate of drug-likeness (QED) is 0.370. The molecule has 0 aliphatic heterocycles. The van der Waals surface area contributed by atoms with E-state index in [1.807, 2.05) is 56.3 Å². The third-order valence-electron chi connectivity index (χ3n) is 5.59. The fourth-order valence-corrected chi connectivity index (χ4v) is 3.77. The molecule has 4 rings (SSSR count). The second-order valence-electron chi connectivity index (χ2n) is 8.07. The molecule has 6 nitrogen and oxygen atoms in total. The normalized spacial score (nSPS) is 10.6. The average molecular weight is 451 g/mol. The zero-order valence-electron chi connectivity index (χ0n) is 19.1. The Kier molecular flexibility index (Phi) is 6.80. The third kappa shape index (κ3) is 5.03. The first-order valence-electron chi connectivity index (χ1n) is 11.0. The highest BCUT2D eigenvalue weighted by molar-refractivity contribution is 6.12. The Morgan fingerprint density at radius 2 is 1.56 bits per heavy atom. The van der Waals surface area contributed by atoms with Crippen LogP contribution in [0.25, 0.3) is 11.1 Å². The molecular weight excluding hydrogens is 424 g/mol. The number of nitrogens with one attached hydrogen (secondary N) is 2. The number of amides is 2. The van der Waals surface area contributed by atoms with Gasteiger partial charge in [0.15, 0.2) is 0 Å². The predicted octanol–water partition coefficient (Wildman–Crippen LogP) is 5.33. The van der Waals surface area contributed by atoms with Gasteiger partial charge in [-0.15, -0.1) is 0 Å². The van der Waals surface area contributed by atoms with Crippen LogP contribution >= 0.6 is 0 Å². The van der Waals surface area contributed by atoms with Crippen molar-refractivity contribution in [2.45, 2.75) is 20.4 Å². The van der Waals surface area contributed by atoms with E-state index >= 15 is 0 Å². The van der Waals surface area contributed by atoms with Gasteiger partial charge in [0, 0.05) is 18.3 Å². The summed E-state index contributed by atoms with van der Waals surface area (Å²) in [6.07, 6.45) is 1.68. The summed E-state index contributed by atoms with van der Waals surface area (Å²) >= 11 is 0. The van der Waals surface area contributed by atoms with Crippen molar-refractivity contribution in [1.82, 2.24) is 4.98 Å². The van der Waals surface area contributed by atoms with Crippen LogP contribution in [0, 0.1) is 13.8 Å². The Labute approximate surface area is 198 Å². The Hall–Kier alpha value is -4.29. The van der Waals surface area contributed by atoms with Crippen LogP contribution in [0.1, 0.15) is 37.4 Å². The molecule has 0 unspecified atom stereocenters. The highest BCUT2D eigenvalue weighted by atomic mass is 16.2. The summed E-state index contributed by atoms with van der Waals surface area (Å²) in [6, 6.07) is 24.1. The number of benzene rings is 3. The topological polar surface area (TPSA) is 97.1 Å². The number of aryl methyl sites for hydroxylation is 2. The van der Waals surface area contributed by atoms with Gasteiger partial charge < -0.3 is 16.4 Å². The van der Waals surface area contributed by atoms with E-state index in [2.05, 4.69) is 15.6 Å². The lowest BCUT2D eigenvalue weighted by molar-refractivity contribution is 0.102. The number of nitrogens with two attached hydrogens (primary N) is 1. The fourth-order valence-electron chi connectivity index (χ4n) is 3.77. The number of rotatable bonds is 6. The average Bonchev–Trinajstić information content (AvgIpc) is 2.85. The van der Waals surface area contributed by atoms with E-state index < -0.39 is 0 Å². The lowest BCUT2D eigenvalue weighted by Crippen LogP contribution is -2.19. The molecule has 1 heterocycles. The third-order valence-corrected chi connectivity index (χ3v) is 5.59. The van der Waals surface area contributed by atoms with E-state index in [0.29, 0.717) is 29.2 Å². The highest BCUT2D eigenvalue weighted by Crippen LogP contribution is 2.26. The molecule has 6 heteroatoms. The standard InChI is InChI=1S/C28H26N4O2/c1-18-11-14-26(30-17-18)32-28(34)24-9-5-6-10-25(24)31-27(33)22-13-12-20(15-19(22)2)23-8-4-3-7-21(23)16-29/h3-15,17H,16,29H2,1-2H3,(H,31,33)(H,30,32,34). The van der Waals surface area contributed by atoms with Crippen LogP contribution in [-0.4, -0.2) is 16.8 Å². The molecule has 0 bridgehead atoms. The Bertz CT molecular complexity index is 1350. The molecule has 0 aliphatic carbocycles. The van der Waals surface area contributed by atoms with Gasteiger partial charge >= 0.3 is 0 Å². The number of nitrogens with zero attached hydrogens (tertiary/aromatic N) is 1. The molecule has 0 atom stereocenters. The van der Waals surface area contributed by atoms with Crippen molar-refractivity contribution in [3.63, 3.8) is 0 Å². The summed E-state index contributed by atoms with van der Waals surface area (Å²) in [4.78, 5) is 30.2. The van der Waals surface area contributed by atoms with Crippen LogP contribution in [-0.2, 0) is 6.54 Å². The number of hydrogen-bond acceptors (Lipinski definition) is 4. The van der Waals surface area contributed by atoms with Gasteiger partial charge in [0.25, 0.3) is 11.8 Å². The summed E-state index contributed by atoms with van der Waals surface area (Å²) in [5.74, 6) is -0.191. The first-order valence-corrected chi connectivity index (χ1v) is 11.0. The number of carbonyl (C=O) groups excluding carboxylic acids is 2. The monoisotopic (exact) mass is 450 g/mol. The maximum Gasteiger partial charge on any atom is 0.258 e. The molecule has 170 valence electrons. The zero-order chi connectivity index (χ0) is 24.1. The van der Waals surface area contributed by atoms with Gasteiger partial charge in [-0.2, -0.15) is 0 Å². The lowest BCUT2D eigenvalue weighted by Gasteiger charge is -2.14. The zero-order valence-corrected chi connectivity index (χ0v) is 19.1. The second kappa shape index (κ2) is 10.1. The molecular formula is C28H26N4O2. The van der Waals surface area contributed by atoms with Crippen molar-refractivity contribution in [1.29, 1.82) is 0 Å². The largest absolute Gasteiger partial charge is 0.326 e. The van der Waals surface area contributed by atoms with Crippen molar-refractivity contribution in [2.24, 2.45) is 5.73 Å². The van der Waals surface area contributed by atoms with Crippen molar-refractivity contribution < 1.29 is 9.59 Å². The van der Waals surface area contributed by atoms with Gasteiger partial charge in [-0.3, -0.25) is 9.59 Å². The van der Waals surface area contributed by atoms with Crippen LogP contribution in [0.2, 0.25) is 0 Å². The SMILES string of the molecule is Cc1ccc(NC(=O)c2ccccc2NC(=O)c2ccc(-c3ccccc3CN)cc2C)nc1. The van der Waals surface area contributed by atoms with Crippen molar-refractivity contribution in [3.05, 3.63) is 113 Å². The van der Waals surface area contributed by atoms with E-state index in [-0.39, 0.29) is 11.8 Å². The van der Waals surface area contributed by atoms with E-state index in [0.717, 1.165) is 27.8 Å². The van der Waals surface area contributed by atoms with Gasteiger partial charge in [0.2, 0.25) is 0 Å². The minimum absolute atomic E-state index is 0.287. The molecule has 1 aromatic heterocycles. The summed E-state index contributed by atoms with van der Waals surface area (Å²) < 4.78 is 0. The van der Waals surface area contributed by atoms with Crippen molar-refractivity contribution in [3.8, 4) is 11.1 Å². The Balaban J connectivity index is 1.55. The van der Waals surface area contributed by atoms with Gasteiger partial charge in [-0.25, -0.2) is 4.98 Å². The summed E-state index contributed by atoms with van der Waals surface area (Å²) in [5.41, 5.74) is 12.1. The van der Waals surface area contributed by atoms with Crippen LogP contribution in [0.3, 0.4) is 0 Å². The van der Waals surface area contributed by atoms with Crippen LogP contribution in [0.5, 0.6) is 0 Å². The molecule has 0 radical (unpaired) electrons.